The SMILES string of the molecule is COc1ccc(/C=C(\C#N)C(N)=O)cc1. The van der Waals surface area contributed by atoms with E-state index in [1.54, 1.807) is 37.4 Å². The molecule has 0 heterocycles. The molecule has 15 heavy (non-hydrogen) atoms. The molecule has 0 saturated carbocycles. The van der Waals surface area contributed by atoms with Crippen molar-refractivity contribution in [3.8, 4) is 11.8 Å². The van der Waals surface area contributed by atoms with Crippen LogP contribution >= 0.6 is 0 Å². The van der Waals surface area contributed by atoms with Gasteiger partial charge in [-0.15, -0.1) is 0 Å². The van der Waals surface area contributed by atoms with Gasteiger partial charge in [0, 0.05) is 0 Å². The first-order valence-electron chi connectivity index (χ1n) is 4.23. The molecule has 76 valence electrons. The Morgan fingerprint density at radius 1 is 1.47 bits per heavy atom. The van der Waals surface area contributed by atoms with Gasteiger partial charge in [-0.3, -0.25) is 4.79 Å². The monoisotopic (exact) mass is 202 g/mol. The number of nitriles is 1. The molecular weight excluding hydrogens is 192 g/mol. The van der Waals surface area contributed by atoms with E-state index in [9.17, 15) is 4.79 Å². The van der Waals surface area contributed by atoms with E-state index in [2.05, 4.69) is 0 Å². The zero-order valence-electron chi connectivity index (χ0n) is 8.23. The normalized spacial score (nSPS) is 10.5. The summed E-state index contributed by atoms with van der Waals surface area (Å²) in [5, 5.41) is 8.61. The third-order valence-electron chi connectivity index (χ3n) is 1.81. The van der Waals surface area contributed by atoms with Crippen molar-refractivity contribution in [3.05, 3.63) is 35.4 Å². The van der Waals surface area contributed by atoms with Crippen molar-refractivity contribution >= 4 is 12.0 Å². The molecule has 2 N–H and O–H groups in total. The molecule has 0 fully saturated rings. The lowest BCUT2D eigenvalue weighted by Crippen LogP contribution is -2.12. The molecule has 0 aliphatic carbocycles. The number of amides is 1. The summed E-state index contributed by atoms with van der Waals surface area (Å²) in [5.74, 6) is -0.0157. The Labute approximate surface area is 87.6 Å². The number of hydrogen-bond donors (Lipinski definition) is 1. The van der Waals surface area contributed by atoms with Gasteiger partial charge < -0.3 is 10.5 Å². The highest BCUT2D eigenvalue weighted by atomic mass is 16.5. The standard InChI is InChI=1S/C11H10N2O2/c1-15-10-4-2-8(3-5-10)6-9(7-12)11(13)14/h2-6H,1H3,(H2,13,14)/b9-6+. The molecule has 0 aliphatic heterocycles. The third kappa shape index (κ3) is 2.85. The maximum atomic E-state index is 10.8. The van der Waals surface area contributed by atoms with Gasteiger partial charge in [0.2, 0.25) is 0 Å². The van der Waals surface area contributed by atoms with Gasteiger partial charge in [0.15, 0.2) is 0 Å². The minimum absolute atomic E-state index is 0.0693. The van der Waals surface area contributed by atoms with Crippen LogP contribution in [0.25, 0.3) is 6.08 Å². The number of nitrogens with zero attached hydrogens (tertiary/aromatic N) is 1. The minimum Gasteiger partial charge on any atom is -0.497 e. The lowest BCUT2D eigenvalue weighted by molar-refractivity contribution is -0.114. The molecule has 0 unspecified atom stereocenters. The molecule has 0 spiro atoms. The van der Waals surface area contributed by atoms with Crippen LogP contribution in [0.1, 0.15) is 5.56 Å². The number of primary amides is 1. The summed E-state index contributed by atoms with van der Waals surface area (Å²) >= 11 is 0. The number of methoxy groups -OCH3 is 1. The number of benzene rings is 1. The number of carbonyl (C=O) groups is 1. The summed E-state index contributed by atoms with van der Waals surface area (Å²) in [4.78, 5) is 10.8. The average molecular weight is 202 g/mol. The molecular formula is C11H10N2O2. The van der Waals surface area contributed by atoms with Gasteiger partial charge in [0.25, 0.3) is 5.91 Å². The smallest absolute Gasteiger partial charge is 0.259 e. The molecule has 1 amide bonds. The van der Waals surface area contributed by atoms with E-state index in [-0.39, 0.29) is 5.57 Å². The molecule has 0 saturated heterocycles. The predicted molar refractivity (Wildman–Crippen MR) is 55.8 cm³/mol. The van der Waals surface area contributed by atoms with E-state index in [0.717, 1.165) is 5.56 Å². The zero-order chi connectivity index (χ0) is 11.3. The van der Waals surface area contributed by atoms with Crippen LogP contribution < -0.4 is 10.5 Å². The van der Waals surface area contributed by atoms with E-state index in [0.29, 0.717) is 5.75 Å². The Balaban J connectivity index is 2.98. The summed E-state index contributed by atoms with van der Waals surface area (Å²) < 4.78 is 4.97. The Hall–Kier alpha value is -2.28. The van der Waals surface area contributed by atoms with Crippen molar-refractivity contribution < 1.29 is 9.53 Å². The zero-order valence-corrected chi connectivity index (χ0v) is 8.23. The summed E-state index contributed by atoms with van der Waals surface area (Å²) in [6, 6.07) is 8.68. The molecule has 0 aromatic heterocycles. The fourth-order valence-corrected chi connectivity index (χ4v) is 1.03. The van der Waals surface area contributed by atoms with Crippen molar-refractivity contribution in [3.63, 3.8) is 0 Å². The van der Waals surface area contributed by atoms with Crippen LogP contribution in [0.2, 0.25) is 0 Å². The third-order valence-corrected chi connectivity index (χ3v) is 1.81. The Morgan fingerprint density at radius 3 is 2.47 bits per heavy atom. The number of hydrogen-bond acceptors (Lipinski definition) is 3. The second-order valence-electron chi connectivity index (χ2n) is 2.81. The van der Waals surface area contributed by atoms with Gasteiger partial charge in [-0.25, -0.2) is 0 Å². The molecule has 0 radical (unpaired) electrons. The van der Waals surface area contributed by atoms with E-state index < -0.39 is 5.91 Å². The van der Waals surface area contributed by atoms with Gasteiger partial charge >= 0.3 is 0 Å². The van der Waals surface area contributed by atoms with Gasteiger partial charge in [0.05, 0.1) is 7.11 Å². The minimum atomic E-state index is -0.728. The largest absolute Gasteiger partial charge is 0.497 e. The summed E-state index contributed by atoms with van der Waals surface area (Å²) in [7, 11) is 1.56. The van der Waals surface area contributed by atoms with Crippen molar-refractivity contribution in [2.45, 2.75) is 0 Å². The summed E-state index contributed by atoms with van der Waals surface area (Å²) in [6.07, 6.45) is 1.43. The molecule has 1 aromatic rings. The second kappa shape index (κ2) is 4.82. The quantitative estimate of drug-likeness (QED) is 0.588. The molecule has 0 atom stereocenters. The van der Waals surface area contributed by atoms with E-state index in [4.69, 9.17) is 15.7 Å². The Morgan fingerprint density at radius 2 is 2.07 bits per heavy atom. The summed E-state index contributed by atoms with van der Waals surface area (Å²) in [6.45, 7) is 0. The van der Waals surface area contributed by atoms with Gasteiger partial charge in [-0.05, 0) is 23.8 Å². The second-order valence-corrected chi connectivity index (χ2v) is 2.81. The maximum absolute atomic E-state index is 10.8. The van der Waals surface area contributed by atoms with Crippen molar-refractivity contribution in [2.24, 2.45) is 5.73 Å². The lowest BCUT2D eigenvalue weighted by Gasteiger charge is -1.99. The topological polar surface area (TPSA) is 76.1 Å². The van der Waals surface area contributed by atoms with Crippen LogP contribution in [0.4, 0.5) is 0 Å². The fraction of sp³-hybridized carbons (Fsp3) is 0.0909. The highest BCUT2D eigenvalue weighted by Gasteiger charge is 2.02. The van der Waals surface area contributed by atoms with Crippen LogP contribution in [0.5, 0.6) is 5.75 Å². The first kappa shape index (κ1) is 10.8. The molecule has 1 rings (SSSR count). The van der Waals surface area contributed by atoms with Gasteiger partial charge in [-0.2, -0.15) is 5.26 Å². The number of carbonyl (C=O) groups excluding carboxylic acids is 1. The van der Waals surface area contributed by atoms with Crippen LogP contribution in [-0.2, 0) is 4.79 Å². The van der Waals surface area contributed by atoms with Gasteiger partial charge in [0.1, 0.15) is 17.4 Å². The molecule has 0 bridgehead atoms. The van der Waals surface area contributed by atoms with Crippen LogP contribution in [0, 0.1) is 11.3 Å². The van der Waals surface area contributed by atoms with E-state index >= 15 is 0 Å². The lowest BCUT2D eigenvalue weighted by atomic mass is 10.1. The Bertz CT molecular complexity index is 427. The summed E-state index contributed by atoms with van der Waals surface area (Å²) in [5.41, 5.74) is 5.66. The van der Waals surface area contributed by atoms with Crippen molar-refractivity contribution in [1.29, 1.82) is 5.26 Å². The fourth-order valence-electron chi connectivity index (χ4n) is 1.03. The highest BCUT2D eigenvalue weighted by Crippen LogP contribution is 2.13. The maximum Gasteiger partial charge on any atom is 0.259 e. The number of rotatable bonds is 3. The van der Waals surface area contributed by atoms with Crippen LogP contribution in [-0.4, -0.2) is 13.0 Å². The number of ether oxygens (including phenoxy) is 1. The van der Waals surface area contributed by atoms with Crippen LogP contribution in [0.15, 0.2) is 29.8 Å². The van der Waals surface area contributed by atoms with Crippen LogP contribution in [0.3, 0.4) is 0 Å². The molecule has 0 aliphatic rings. The van der Waals surface area contributed by atoms with Gasteiger partial charge in [-0.1, -0.05) is 12.1 Å². The van der Waals surface area contributed by atoms with Crippen molar-refractivity contribution in [1.82, 2.24) is 0 Å². The van der Waals surface area contributed by atoms with Crippen molar-refractivity contribution in [2.75, 3.05) is 7.11 Å². The first-order chi connectivity index (χ1) is 7.17. The van der Waals surface area contributed by atoms with E-state index in [1.165, 1.54) is 6.08 Å². The molecule has 4 heteroatoms. The van der Waals surface area contributed by atoms with E-state index in [1.807, 2.05) is 0 Å². The Kier molecular flexibility index (Phi) is 3.47. The number of nitrogens with two attached hydrogens (primary N) is 1. The average Bonchev–Trinajstić information content (AvgIpc) is 2.26. The molecule has 1 aromatic carbocycles. The highest BCUT2D eigenvalue weighted by molar-refractivity contribution is 6.00. The predicted octanol–water partition coefficient (Wildman–Crippen LogP) is 1.09. The first-order valence-corrected chi connectivity index (χ1v) is 4.23. The molecule has 4 nitrogen and oxygen atoms in total.